The quantitative estimate of drug-likeness (QED) is 0.816. The summed E-state index contributed by atoms with van der Waals surface area (Å²) in [6, 6.07) is 2.25. The van der Waals surface area contributed by atoms with Gasteiger partial charge in [-0.05, 0) is 36.8 Å². The van der Waals surface area contributed by atoms with Gasteiger partial charge in [0.15, 0.2) is 0 Å². The Morgan fingerprint density at radius 1 is 1.39 bits per heavy atom. The number of hydrogen-bond acceptors (Lipinski definition) is 3. The number of nitrogens with one attached hydrogen (secondary N) is 1. The molecule has 4 heteroatoms. The second-order valence-electron chi connectivity index (χ2n) is 5.43. The van der Waals surface area contributed by atoms with Crippen LogP contribution in [0.25, 0.3) is 0 Å². The molecule has 1 heterocycles. The number of hydrogen-bond donors (Lipinski definition) is 2. The molecule has 102 valence electrons. The third-order valence-corrected chi connectivity index (χ3v) is 4.97. The van der Waals surface area contributed by atoms with Crippen LogP contribution in [0, 0.1) is 0 Å². The van der Waals surface area contributed by atoms with Crippen molar-refractivity contribution in [1.82, 2.24) is 5.32 Å². The van der Waals surface area contributed by atoms with E-state index in [1.165, 1.54) is 18.4 Å². The molecule has 0 bridgehead atoms. The monoisotopic (exact) mass is 287 g/mol. The summed E-state index contributed by atoms with van der Waals surface area (Å²) in [5.74, 6) is 0. The first-order valence-corrected chi connectivity index (χ1v) is 8.04. The Labute approximate surface area is 118 Å². The lowest BCUT2D eigenvalue weighted by Gasteiger charge is -2.28. The third kappa shape index (κ3) is 3.95. The van der Waals surface area contributed by atoms with Crippen molar-refractivity contribution >= 4 is 22.9 Å². The number of halogens is 1. The van der Waals surface area contributed by atoms with Crippen molar-refractivity contribution < 1.29 is 5.11 Å². The fourth-order valence-corrected chi connectivity index (χ4v) is 3.56. The zero-order valence-electron chi connectivity index (χ0n) is 10.9. The van der Waals surface area contributed by atoms with Crippen molar-refractivity contribution in [2.75, 3.05) is 6.54 Å². The molecule has 0 saturated heterocycles. The summed E-state index contributed by atoms with van der Waals surface area (Å²) in [5, 5.41) is 16.1. The van der Waals surface area contributed by atoms with Crippen LogP contribution in [0.5, 0.6) is 0 Å². The Morgan fingerprint density at radius 2 is 2.06 bits per heavy atom. The van der Waals surface area contributed by atoms with Crippen molar-refractivity contribution in [2.24, 2.45) is 0 Å². The molecule has 0 aromatic carbocycles. The van der Waals surface area contributed by atoms with Crippen LogP contribution in [0.15, 0.2) is 11.4 Å². The molecular weight excluding hydrogens is 266 g/mol. The van der Waals surface area contributed by atoms with Gasteiger partial charge in [-0.2, -0.15) is 0 Å². The minimum absolute atomic E-state index is 0.251. The van der Waals surface area contributed by atoms with Gasteiger partial charge in [-0.15, -0.1) is 11.3 Å². The van der Waals surface area contributed by atoms with E-state index in [-0.39, 0.29) is 6.04 Å². The maximum atomic E-state index is 10.6. The standard InChI is InChI=1S/C14H22ClNOS/c1-11(12-8-13(15)18-9-12)16-10-14(17)6-4-2-3-5-7-14/h8-9,11,16-17H,2-7,10H2,1H3. The third-order valence-electron chi connectivity index (χ3n) is 3.86. The van der Waals surface area contributed by atoms with Crippen LogP contribution in [-0.4, -0.2) is 17.3 Å². The number of thiophene rings is 1. The highest BCUT2D eigenvalue weighted by Crippen LogP contribution is 2.28. The average molecular weight is 288 g/mol. The predicted octanol–water partition coefficient (Wildman–Crippen LogP) is 4.14. The molecule has 18 heavy (non-hydrogen) atoms. The van der Waals surface area contributed by atoms with Crippen LogP contribution in [-0.2, 0) is 0 Å². The van der Waals surface area contributed by atoms with Gasteiger partial charge in [0.05, 0.1) is 9.94 Å². The number of aliphatic hydroxyl groups is 1. The van der Waals surface area contributed by atoms with Gasteiger partial charge < -0.3 is 10.4 Å². The van der Waals surface area contributed by atoms with Crippen molar-refractivity contribution in [3.8, 4) is 0 Å². The average Bonchev–Trinajstić information content (AvgIpc) is 2.66. The fourth-order valence-electron chi connectivity index (χ4n) is 2.57. The van der Waals surface area contributed by atoms with Crippen LogP contribution in [0.1, 0.15) is 57.1 Å². The highest BCUT2D eigenvalue weighted by Gasteiger charge is 2.28. The Hall–Kier alpha value is -0.0900. The van der Waals surface area contributed by atoms with Crippen LogP contribution in [0.2, 0.25) is 4.34 Å². The lowest BCUT2D eigenvalue weighted by molar-refractivity contribution is 0.0231. The molecule has 1 atom stereocenters. The summed E-state index contributed by atoms with van der Waals surface area (Å²) in [4.78, 5) is 0. The van der Waals surface area contributed by atoms with E-state index in [0.717, 1.165) is 30.0 Å². The highest BCUT2D eigenvalue weighted by molar-refractivity contribution is 7.14. The van der Waals surface area contributed by atoms with Crippen LogP contribution in [0.3, 0.4) is 0 Å². The minimum Gasteiger partial charge on any atom is -0.389 e. The largest absolute Gasteiger partial charge is 0.389 e. The van der Waals surface area contributed by atoms with E-state index in [0.29, 0.717) is 6.54 Å². The molecule has 1 aromatic heterocycles. The van der Waals surface area contributed by atoms with Crippen molar-refractivity contribution in [3.05, 3.63) is 21.3 Å². The SMILES string of the molecule is CC(NCC1(O)CCCCCC1)c1csc(Cl)c1. The van der Waals surface area contributed by atoms with E-state index in [2.05, 4.69) is 17.6 Å². The predicted molar refractivity (Wildman–Crippen MR) is 78.4 cm³/mol. The maximum absolute atomic E-state index is 10.6. The van der Waals surface area contributed by atoms with Gasteiger partial charge in [-0.3, -0.25) is 0 Å². The van der Waals surface area contributed by atoms with E-state index >= 15 is 0 Å². The zero-order valence-corrected chi connectivity index (χ0v) is 12.5. The van der Waals surface area contributed by atoms with E-state index < -0.39 is 5.60 Å². The van der Waals surface area contributed by atoms with Gasteiger partial charge in [-0.1, -0.05) is 37.3 Å². The van der Waals surface area contributed by atoms with Gasteiger partial charge in [0.25, 0.3) is 0 Å². The Morgan fingerprint density at radius 3 is 2.61 bits per heavy atom. The van der Waals surface area contributed by atoms with Crippen LogP contribution < -0.4 is 5.32 Å². The molecule has 0 amide bonds. The molecule has 2 N–H and O–H groups in total. The first-order valence-electron chi connectivity index (χ1n) is 6.79. The topological polar surface area (TPSA) is 32.3 Å². The normalized spacial score (nSPS) is 21.5. The summed E-state index contributed by atoms with van der Waals surface area (Å²) in [7, 11) is 0. The Bertz CT molecular complexity index is 372. The van der Waals surface area contributed by atoms with Crippen LogP contribution in [0.4, 0.5) is 0 Å². The summed E-state index contributed by atoms with van der Waals surface area (Å²) in [6.07, 6.45) is 6.68. The lowest BCUT2D eigenvalue weighted by atomic mass is 9.94. The molecule has 1 fully saturated rings. The van der Waals surface area contributed by atoms with Crippen molar-refractivity contribution in [1.29, 1.82) is 0 Å². The second kappa shape index (κ2) is 6.38. The summed E-state index contributed by atoms with van der Waals surface area (Å²) in [6.45, 7) is 2.81. The Balaban J connectivity index is 1.86. The molecular formula is C14H22ClNOS. The minimum atomic E-state index is -0.509. The highest BCUT2D eigenvalue weighted by atomic mass is 35.5. The second-order valence-corrected chi connectivity index (χ2v) is 6.97. The van der Waals surface area contributed by atoms with Crippen LogP contribution >= 0.6 is 22.9 Å². The smallest absolute Gasteiger partial charge is 0.0931 e. The van der Waals surface area contributed by atoms with Gasteiger partial charge in [0.1, 0.15) is 0 Å². The molecule has 2 rings (SSSR count). The zero-order chi connectivity index (χ0) is 13.0. The molecule has 1 aliphatic carbocycles. The van der Waals surface area contributed by atoms with Gasteiger partial charge in [0, 0.05) is 12.6 Å². The van der Waals surface area contributed by atoms with Crippen molar-refractivity contribution in [2.45, 2.75) is 57.1 Å². The molecule has 0 aliphatic heterocycles. The molecule has 1 saturated carbocycles. The van der Waals surface area contributed by atoms with E-state index in [1.807, 2.05) is 6.07 Å². The molecule has 1 aromatic rings. The summed E-state index contributed by atoms with van der Waals surface area (Å²) in [5.41, 5.74) is 0.701. The van der Waals surface area contributed by atoms with E-state index in [1.54, 1.807) is 11.3 Å². The molecule has 0 radical (unpaired) electrons. The Kier molecular flexibility index (Phi) is 5.07. The van der Waals surface area contributed by atoms with Gasteiger partial charge in [0.2, 0.25) is 0 Å². The van der Waals surface area contributed by atoms with Gasteiger partial charge in [-0.25, -0.2) is 0 Å². The van der Waals surface area contributed by atoms with E-state index in [9.17, 15) is 5.11 Å². The van der Waals surface area contributed by atoms with E-state index in [4.69, 9.17) is 11.6 Å². The molecule has 1 unspecified atom stereocenters. The molecule has 1 aliphatic rings. The van der Waals surface area contributed by atoms with Crippen molar-refractivity contribution in [3.63, 3.8) is 0 Å². The fraction of sp³-hybridized carbons (Fsp3) is 0.714. The summed E-state index contributed by atoms with van der Waals surface area (Å²) >= 11 is 7.50. The first-order chi connectivity index (χ1) is 8.59. The summed E-state index contributed by atoms with van der Waals surface area (Å²) < 4.78 is 0.826. The first kappa shape index (κ1) is 14.3. The molecule has 2 nitrogen and oxygen atoms in total. The molecule has 0 spiro atoms. The lowest BCUT2D eigenvalue weighted by Crippen LogP contribution is -2.41. The van der Waals surface area contributed by atoms with Gasteiger partial charge >= 0.3 is 0 Å². The number of rotatable bonds is 4. The maximum Gasteiger partial charge on any atom is 0.0931 e.